The van der Waals surface area contributed by atoms with E-state index in [2.05, 4.69) is 15.5 Å². The molecule has 0 saturated carbocycles. The molecular formula is C31H35F2N6O4+. The number of amidine groups is 1. The number of halogens is 2. The summed E-state index contributed by atoms with van der Waals surface area (Å²) in [5, 5.41) is 21.9. The van der Waals surface area contributed by atoms with Crippen molar-refractivity contribution in [3.63, 3.8) is 0 Å². The second-order valence-electron chi connectivity index (χ2n) is 10.8. The molecule has 0 spiro atoms. The van der Waals surface area contributed by atoms with E-state index in [1.165, 1.54) is 17.0 Å². The number of carboxylic acid groups (broad SMARTS) is 1. The van der Waals surface area contributed by atoms with Gasteiger partial charge in [0.1, 0.15) is 11.6 Å². The highest BCUT2D eigenvalue weighted by Crippen LogP contribution is 2.27. The van der Waals surface area contributed by atoms with Crippen molar-refractivity contribution in [2.45, 2.75) is 25.3 Å². The van der Waals surface area contributed by atoms with Crippen LogP contribution in [0.5, 0.6) is 0 Å². The molecule has 43 heavy (non-hydrogen) atoms. The van der Waals surface area contributed by atoms with Gasteiger partial charge in [0.25, 0.3) is 5.84 Å². The van der Waals surface area contributed by atoms with Gasteiger partial charge in [0.05, 0.1) is 16.8 Å². The number of carbonyl (C=O) groups excluding carboxylic acids is 1. The van der Waals surface area contributed by atoms with E-state index < -0.39 is 23.6 Å². The zero-order valence-electron chi connectivity index (χ0n) is 23.6. The van der Waals surface area contributed by atoms with Crippen LogP contribution < -0.4 is 26.7 Å². The van der Waals surface area contributed by atoms with Gasteiger partial charge in [-0.05, 0) is 72.9 Å². The molecule has 3 aromatic carbocycles. The first-order chi connectivity index (χ1) is 20.7. The molecule has 0 aromatic heterocycles. The van der Waals surface area contributed by atoms with E-state index >= 15 is 0 Å². The lowest BCUT2D eigenvalue weighted by molar-refractivity contribution is -0.116. The van der Waals surface area contributed by atoms with Gasteiger partial charge in [-0.2, -0.15) is 0 Å². The number of nitrogens with zero attached hydrogens (tertiary/aromatic N) is 2. The predicted molar refractivity (Wildman–Crippen MR) is 159 cm³/mol. The number of nitrogens with two attached hydrogens (primary N) is 2. The maximum Gasteiger partial charge on any atom is 0.407 e. The third-order valence-corrected chi connectivity index (χ3v) is 7.73. The average molecular weight is 594 g/mol. The monoisotopic (exact) mass is 593 g/mol. The van der Waals surface area contributed by atoms with Crippen molar-refractivity contribution in [2.24, 2.45) is 0 Å². The normalized spacial score (nSPS) is 15.7. The number of hydrogen-bond acceptors (Lipinski definition) is 6. The molecule has 10 nitrogen and oxygen atoms in total. The lowest BCUT2D eigenvalue weighted by atomic mass is 10.0. The predicted octanol–water partition coefficient (Wildman–Crippen LogP) is 2.46. The van der Waals surface area contributed by atoms with Gasteiger partial charge in [0, 0.05) is 62.9 Å². The Morgan fingerprint density at radius 3 is 2.30 bits per heavy atom. The second kappa shape index (κ2) is 13.1. The molecule has 3 aromatic rings. The Balaban J connectivity index is 1.35. The third-order valence-electron chi connectivity index (χ3n) is 7.73. The summed E-state index contributed by atoms with van der Waals surface area (Å²) in [5.74, 6) is -1.72. The standard InChI is InChI=1S/C31H34F2N6O4/c32-21-14-20(15-22(33)17-21)13-19-1-4-27(34)26(16-19)29(35)37-30(40)25-3-2-24(38-7-9-39(10-8-38)31(41)42)18-28(25)36-23-5-11-43-12-6-23/h1-4,14-18,23,36H,5-13,34H2,(H,41,42)(H2,35,37,40)/p+1. The largest absolute Gasteiger partial charge is 0.465 e. The summed E-state index contributed by atoms with van der Waals surface area (Å²) in [6.07, 6.45) is 0.881. The molecule has 0 radical (unpaired) electrons. The van der Waals surface area contributed by atoms with Gasteiger partial charge in [-0.1, -0.05) is 6.07 Å². The van der Waals surface area contributed by atoms with Gasteiger partial charge in [-0.3, -0.25) is 5.41 Å². The van der Waals surface area contributed by atoms with Crippen molar-refractivity contribution >= 4 is 34.9 Å². The van der Waals surface area contributed by atoms with Crippen LogP contribution in [0.3, 0.4) is 0 Å². The molecule has 2 heterocycles. The summed E-state index contributed by atoms with van der Waals surface area (Å²) in [4.78, 5) is 28.4. The van der Waals surface area contributed by atoms with Crippen LogP contribution in [0.2, 0.25) is 0 Å². The highest BCUT2D eigenvalue weighted by molar-refractivity contribution is 6.14. The van der Waals surface area contributed by atoms with Crippen LogP contribution >= 0.6 is 0 Å². The molecule has 0 aliphatic carbocycles. The van der Waals surface area contributed by atoms with Crippen LogP contribution in [-0.4, -0.2) is 73.3 Å². The lowest BCUT2D eigenvalue weighted by Gasteiger charge is -2.35. The van der Waals surface area contributed by atoms with Crippen molar-refractivity contribution in [1.29, 1.82) is 0 Å². The molecule has 12 heteroatoms. The molecule has 0 bridgehead atoms. The summed E-state index contributed by atoms with van der Waals surface area (Å²) in [6, 6.07) is 14.0. The minimum Gasteiger partial charge on any atom is -0.465 e. The van der Waals surface area contributed by atoms with Gasteiger partial charge in [-0.15, -0.1) is 0 Å². The van der Waals surface area contributed by atoms with Crippen molar-refractivity contribution in [1.82, 2.24) is 10.2 Å². The van der Waals surface area contributed by atoms with Crippen LogP contribution in [0.4, 0.5) is 30.6 Å². The number of hydrogen-bond donors (Lipinski definition) is 5. The number of anilines is 3. The molecule has 5 rings (SSSR count). The first-order valence-corrected chi connectivity index (χ1v) is 14.1. The van der Waals surface area contributed by atoms with Crippen LogP contribution in [0.25, 0.3) is 0 Å². The Bertz CT molecular complexity index is 1500. The summed E-state index contributed by atoms with van der Waals surface area (Å²) >= 11 is 0. The van der Waals surface area contributed by atoms with Gasteiger partial charge >= 0.3 is 12.0 Å². The number of nitrogens with one attached hydrogen (secondary N) is 2. The van der Waals surface area contributed by atoms with Crippen LogP contribution in [0.15, 0.2) is 54.6 Å². The molecule has 226 valence electrons. The topological polar surface area (TPSA) is 146 Å². The molecule has 0 atom stereocenters. The maximum absolute atomic E-state index is 13.7. The Kier molecular flexibility index (Phi) is 9.05. The highest BCUT2D eigenvalue weighted by Gasteiger charge is 2.26. The SMILES string of the molecule is Nc1ccc(Cc2cc(F)cc(F)c2)cc1C(=[NH2+])NC(=O)c1ccc(N2CCN(C(=O)O)CC2)cc1NC1CCOCC1. The highest BCUT2D eigenvalue weighted by atomic mass is 19.1. The molecule has 2 saturated heterocycles. The minimum atomic E-state index is -0.934. The van der Waals surface area contributed by atoms with Crippen molar-refractivity contribution in [2.75, 3.05) is 55.3 Å². The van der Waals surface area contributed by atoms with Crippen molar-refractivity contribution in [3.05, 3.63) is 88.5 Å². The molecule has 2 aliphatic heterocycles. The van der Waals surface area contributed by atoms with E-state index in [1.807, 2.05) is 12.1 Å². The quantitative estimate of drug-likeness (QED) is 0.161. The molecule has 0 unspecified atom stereocenters. The van der Waals surface area contributed by atoms with Gasteiger partial charge in [-0.25, -0.2) is 23.7 Å². The average Bonchev–Trinajstić information content (AvgIpc) is 2.98. The zero-order chi connectivity index (χ0) is 30.5. The summed E-state index contributed by atoms with van der Waals surface area (Å²) in [7, 11) is 0. The third kappa shape index (κ3) is 7.39. The minimum absolute atomic E-state index is 0.0423. The summed E-state index contributed by atoms with van der Waals surface area (Å²) in [5.41, 5.74) is 9.97. The Hall–Kier alpha value is -4.71. The molecule has 2 amide bonds. The molecule has 7 N–H and O–H groups in total. The first-order valence-electron chi connectivity index (χ1n) is 14.1. The lowest BCUT2D eigenvalue weighted by Crippen LogP contribution is -2.52. The number of piperazine rings is 1. The molecule has 2 aliphatic rings. The van der Waals surface area contributed by atoms with Crippen molar-refractivity contribution < 1.29 is 33.6 Å². The van der Waals surface area contributed by atoms with Gasteiger partial charge in [0.2, 0.25) is 0 Å². The second-order valence-corrected chi connectivity index (χ2v) is 10.8. The van der Waals surface area contributed by atoms with Crippen LogP contribution in [0, 0.1) is 11.6 Å². The Morgan fingerprint density at radius 2 is 1.63 bits per heavy atom. The number of benzene rings is 3. The number of ether oxygens (including phenoxy) is 1. The first kappa shape index (κ1) is 29.8. The molecule has 2 fully saturated rings. The van der Waals surface area contributed by atoms with E-state index in [9.17, 15) is 23.5 Å². The van der Waals surface area contributed by atoms with Gasteiger partial charge < -0.3 is 30.7 Å². The van der Waals surface area contributed by atoms with E-state index in [1.54, 1.807) is 24.3 Å². The van der Waals surface area contributed by atoms with E-state index in [0.29, 0.717) is 73.0 Å². The van der Waals surface area contributed by atoms with Crippen LogP contribution in [0.1, 0.15) is 39.9 Å². The summed E-state index contributed by atoms with van der Waals surface area (Å²) in [6.45, 7) is 3.09. The zero-order valence-corrected chi connectivity index (χ0v) is 23.6. The number of rotatable bonds is 7. The van der Waals surface area contributed by atoms with Crippen molar-refractivity contribution in [3.8, 4) is 0 Å². The van der Waals surface area contributed by atoms with E-state index in [-0.39, 0.29) is 18.3 Å². The van der Waals surface area contributed by atoms with E-state index in [4.69, 9.17) is 15.9 Å². The fraction of sp³-hybridized carbons (Fsp3) is 0.323. The fourth-order valence-corrected chi connectivity index (χ4v) is 5.42. The summed E-state index contributed by atoms with van der Waals surface area (Å²) < 4.78 is 32.9. The molecular weight excluding hydrogens is 558 g/mol. The smallest absolute Gasteiger partial charge is 0.407 e. The van der Waals surface area contributed by atoms with E-state index in [0.717, 1.165) is 24.6 Å². The van der Waals surface area contributed by atoms with Gasteiger partial charge in [0.15, 0.2) is 0 Å². The number of carbonyl (C=O) groups is 2. The van der Waals surface area contributed by atoms with Crippen LogP contribution in [-0.2, 0) is 11.2 Å². The maximum atomic E-state index is 13.7. The Morgan fingerprint density at radius 1 is 0.930 bits per heavy atom. The number of amides is 2. The number of nitrogen functional groups attached to an aromatic ring is 1. The Labute approximate surface area is 247 Å². The fourth-order valence-electron chi connectivity index (χ4n) is 5.42.